The minimum absolute atomic E-state index is 0.213. The summed E-state index contributed by atoms with van der Waals surface area (Å²) in [5.41, 5.74) is 0. The first-order valence-corrected chi connectivity index (χ1v) is 25.3. The smallest absolute Gasteiger partial charge is 0.306 e. The maximum Gasteiger partial charge on any atom is 0.306 e. The number of hydrogen-bond donors (Lipinski definition) is 4. The van der Waals surface area contributed by atoms with Gasteiger partial charge in [0.2, 0.25) is 0 Å². The fourth-order valence-electron chi connectivity index (χ4n) is 7.88. The molecule has 10 nitrogen and oxygen atoms in total. The van der Waals surface area contributed by atoms with Crippen LogP contribution in [0.5, 0.6) is 0 Å². The lowest BCUT2D eigenvalue weighted by Crippen LogP contribution is -2.59. The molecule has 6 atom stereocenters. The van der Waals surface area contributed by atoms with Crippen molar-refractivity contribution in [1.29, 1.82) is 0 Å². The van der Waals surface area contributed by atoms with Crippen molar-refractivity contribution in [2.45, 2.75) is 275 Å². The lowest BCUT2D eigenvalue weighted by Gasteiger charge is -2.39. The molecule has 0 bridgehead atoms. The van der Waals surface area contributed by atoms with Gasteiger partial charge in [-0.05, 0) is 32.1 Å². The third kappa shape index (κ3) is 32.2. The van der Waals surface area contributed by atoms with E-state index in [0.717, 1.165) is 38.5 Å². The zero-order valence-electron chi connectivity index (χ0n) is 38.7. The average Bonchev–Trinajstić information content (AvgIpc) is 3.25. The molecule has 0 aromatic rings. The minimum Gasteiger partial charge on any atom is -0.462 e. The first kappa shape index (κ1) is 56.5. The summed E-state index contributed by atoms with van der Waals surface area (Å²) in [5, 5.41) is 40.2. The van der Waals surface area contributed by atoms with Crippen molar-refractivity contribution >= 4 is 11.9 Å². The van der Waals surface area contributed by atoms with E-state index in [2.05, 4.69) is 26.0 Å². The fraction of sp³-hybridized carbons (Fsp3) is 0.920. The van der Waals surface area contributed by atoms with Gasteiger partial charge in [0.1, 0.15) is 31.0 Å². The number of aliphatic hydroxyl groups is 4. The molecule has 0 aromatic heterocycles. The van der Waals surface area contributed by atoms with E-state index in [1.807, 2.05) is 0 Å². The van der Waals surface area contributed by atoms with Crippen molar-refractivity contribution < 1.29 is 49.0 Å². The average molecular weight is 855 g/mol. The molecule has 1 rings (SSSR count). The lowest BCUT2D eigenvalue weighted by molar-refractivity contribution is -0.305. The number of carbonyl (C=O) groups is 2. The van der Waals surface area contributed by atoms with Crippen LogP contribution in [0, 0.1) is 0 Å². The van der Waals surface area contributed by atoms with Crippen molar-refractivity contribution in [2.75, 3.05) is 19.8 Å². The van der Waals surface area contributed by atoms with Crippen LogP contribution in [0.3, 0.4) is 0 Å². The molecule has 4 N–H and O–H groups in total. The molecule has 2 unspecified atom stereocenters. The molecule has 1 aliphatic heterocycles. The van der Waals surface area contributed by atoms with Crippen LogP contribution in [-0.4, -0.2) is 89.0 Å². The zero-order chi connectivity index (χ0) is 43.7. The Morgan fingerprint density at radius 2 is 0.900 bits per heavy atom. The van der Waals surface area contributed by atoms with Crippen molar-refractivity contribution in [2.24, 2.45) is 0 Å². The van der Waals surface area contributed by atoms with Gasteiger partial charge in [-0.15, -0.1) is 0 Å². The van der Waals surface area contributed by atoms with Crippen molar-refractivity contribution in [3.63, 3.8) is 0 Å². The lowest BCUT2D eigenvalue weighted by atomic mass is 9.99. The summed E-state index contributed by atoms with van der Waals surface area (Å²) in [5.74, 6) is -0.795. The predicted molar refractivity (Wildman–Crippen MR) is 243 cm³/mol. The molecular weight excluding hydrogens is 761 g/mol. The highest BCUT2D eigenvalue weighted by Crippen LogP contribution is 2.23. The van der Waals surface area contributed by atoms with Gasteiger partial charge >= 0.3 is 11.9 Å². The Hall–Kier alpha value is -1.56. The van der Waals surface area contributed by atoms with E-state index in [0.29, 0.717) is 6.42 Å². The second-order valence-electron chi connectivity index (χ2n) is 17.6. The van der Waals surface area contributed by atoms with E-state index >= 15 is 0 Å². The Kier molecular flexibility index (Phi) is 39.0. The highest BCUT2D eigenvalue weighted by atomic mass is 16.7. The van der Waals surface area contributed by atoms with E-state index in [-0.39, 0.29) is 32.0 Å². The van der Waals surface area contributed by atoms with E-state index < -0.39 is 49.4 Å². The minimum atomic E-state index is -1.59. The van der Waals surface area contributed by atoms with Crippen LogP contribution < -0.4 is 0 Å². The number of carbonyl (C=O) groups excluding carboxylic acids is 2. The Labute approximate surface area is 367 Å². The maximum absolute atomic E-state index is 12.8. The van der Waals surface area contributed by atoms with Crippen molar-refractivity contribution in [1.82, 2.24) is 0 Å². The number of rotatable bonds is 43. The van der Waals surface area contributed by atoms with Gasteiger partial charge in [0.05, 0.1) is 13.2 Å². The van der Waals surface area contributed by atoms with Crippen LogP contribution >= 0.6 is 0 Å². The van der Waals surface area contributed by atoms with Gasteiger partial charge in [-0.1, -0.05) is 206 Å². The fourth-order valence-corrected chi connectivity index (χ4v) is 7.88. The second kappa shape index (κ2) is 41.5. The van der Waals surface area contributed by atoms with E-state index in [1.165, 1.54) is 167 Å². The standard InChI is InChI=1S/C50H94O10/c1-3-5-7-9-11-13-15-17-19-20-21-22-23-25-27-29-31-33-35-37-39-46(53)59-43(42-58-50-49(56)48(55)47(54)44(40-51)60-50)41-57-45(52)38-36-34-32-30-28-26-24-18-16-14-12-10-8-6-4-2/h10,12,43-44,47-51,54-56H,3-9,11,13-42H2,1-2H3/b12-10+/t43-,44-,47+,48?,49?,50-/m1/s1. The number of allylic oxidation sites excluding steroid dienone is 2. The molecule has 0 saturated carbocycles. The number of esters is 2. The van der Waals surface area contributed by atoms with E-state index in [4.69, 9.17) is 18.9 Å². The SMILES string of the molecule is CCCC/C=C/CCCCCCCCCCCC(=O)OC[C@H](CO[C@@H]1O[C@H](CO)[C@H](O)C(O)C1O)OC(=O)CCCCCCCCCCCCCCCCCCCCCC. The maximum atomic E-state index is 12.8. The van der Waals surface area contributed by atoms with Gasteiger partial charge in [0.15, 0.2) is 12.4 Å². The van der Waals surface area contributed by atoms with Gasteiger partial charge in [-0.3, -0.25) is 9.59 Å². The molecule has 0 aromatic carbocycles. The molecule has 1 saturated heterocycles. The van der Waals surface area contributed by atoms with Crippen LogP contribution in [0.2, 0.25) is 0 Å². The highest BCUT2D eigenvalue weighted by molar-refractivity contribution is 5.70. The summed E-state index contributed by atoms with van der Waals surface area (Å²) in [4.78, 5) is 25.4. The molecule has 0 radical (unpaired) electrons. The molecule has 0 amide bonds. The molecular formula is C50H94O10. The molecule has 1 fully saturated rings. The highest BCUT2D eigenvalue weighted by Gasteiger charge is 2.44. The summed E-state index contributed by atoms with van der Waals surface area (Å²) in [6.07, 6.45) is 37.9. The van der Waals surface area contributed by atoms with Crippen LogP contribution in [0.15, 0.2) is 12.2 Å². The van der Waals surface area contributed by atoms with Crippen LogP contribution in [0.1, 0.15) is 239 Å². The summed E-state index contributed by atoms with van der Waals surface area (Å²) in [7, 11) is 0. The predicted octanol–water partition coefficient (Wildman–Crippen LogP) is 11.5. The normalized spacial score (nSPS) is 19.9. The van der Waals surface area contributed by atoms with Crippen molar-refractivity contribution in [3.8, 4) is 0 Å². The third-order valence-electron chi connectivity index (χ3n) is 11.9. The van der Waals surface area contributed by atoms with Crippen molar-refractivity contribution in [3.05, 3.63) is 12.2 Å². The summed E-state index contributed by atoms with van der Waals surface area (Å²) >= 11 is 0. The van der Waals surface area contributed by atoms with Gasteiger partial charge in [0, 0.05) is 12.8 Å². The second-order valence-corrected chi connectivity index (χ2v) is 17.6. The van der Waals surface area contributed by atoms with Crippen LogP contribution in [-0.2, 0) is 28.5 Å². The Bertz CT molecular complexity index is 990. The number of unbranched alkanes of at least 4 members (excludes halogenated alkanes) is 30. The van der Waals surface area contributed by atoms with E-state index in [1.54, 1.807) is 0 Å². The Balaban J connectivity index is 2.25. The quantitative estimate of drug-likeness (QED) is 0.0265. The monoisotopic (exact) mass is 855 g/mol. The molecule has 354 valence electrons. The molecule has 0 aliphatic carbocycles. The van der Waals surface area contributed by atoms with Crippen LogP contribution in [0.25, 0.3) is 0 Å². The first-order valence-electron chi connectivity index (χ1n) is 25.3. The number of aliphatic hydroxyl groups excluding tert-OH is 4. The van der Waals surface area contributed by atoms with Gasteiger partial charge in [0.25, 0.3) is 0 Å². The van der Waals surface area contributed by atoms with E-state index in [9.17, 15) is 30.0 Å². The molecule has 60 heavy (non-hydrogen) atoms. The van der Waals surface area contributed by atoms with Crippen LogP contribution in [0.4, 0.5) is 0 Å². The number of ether oxygens (including phenoxy) is 4. The van der Waals surface area contributed by atoms with Gasteiger partial charge < -0.3 is 39.4 Å². The first-order chi connectivity index (χ1) is 29.3. The largest absolute Gasteiger partial charge is 0.462 e. The topological polar surface area (TPSA) is 152 Å². The summed E-state index contributed by atoms with van der Waals surface area (Å²) < 4.78 is 22.2. The zero-order valence-corrected chi connectivity index (χ0v) is 38.7. The summed E-state index contributed by atoms with van der Waals surface area (Å²) in [6.45, 7) is 3.43. The molecule has 10 heteroatoms. The molecule has 1 heterocycles. The van der Waals surface area contributed by atoms with Gasteiger partial charge in [-0.25, -0.2) is 0 Å². The molecule has 1 aliphatic rings. The Morgan fingerprint density at radius 3 is 1.35 bits per heavy atom. The van der Waals surface area contributed by atoms with Gasteiger partial charge in [-0.2, -0.15) is 0 Å². The third-order valence-corrected chi connectivity index (χ3v) is 11.9. The number of hydrogen-bond acceptors (Lipinski definition) is 10. The Morgan fingerprint density at radius 1 is 0.500 bits per heavy atom. The molecule has 0 spiro atoms. The summed E-state index contributed by atoms with van der Waals surface area (Å²) in [6, 6.07) is 0.